The largest absolute Gasteiger partial charge is 0.484 e. The Morgan fingerprint density at radius 1 is 1.04 bits per heavy atom. The Labute approximate surface area is 161 Å². The van der Waals surface area contributed by atoms with Crippen LogP contribution in [0.4, 0.5) is 10.3 Å². The number of carbonyl (C=O) groups excluding carboxylic acids is 1. The van der Waals surface area contributed by atoms with E-state index in [1.807, 2.05) is 35.2 Å². The number of halogens is 1. The molecule has 1 aliphatic heterocycles. The number of benzene rings is 2. The second-order valence-electron chi connectivity index (χ2n) is 6.38. The minimum absolute atomic E-state index is 0.0774. The van der Waals surface area contributed by atoms with Crippen molar-refractivity contribution in [1.29, 1.82) is 0 Å². The number of hydrogen-bond acceptors (Lipinski definition) is 6. The monoisotopic (exact) mass is 382 g/mol. The van der Waals surface area contributed by atoms with Gasteiger partial charge in [-0.25, -0.2) is 4.39 Å². The van der Waals surface area contributed by atoms with Gasteiger partial charge in [-0.05, 0) is 41.6 Å². The first-order chi connectivity index (χ1) is 13.7. The maximum atomic E-state index is 12.9. The molecule has 1 aliphatic rings. The van der Waals surface area contributed by atoms with Crippen LogP contribution in [0.15, 0.2) is 59.1 Å². The molecule has 3 aromatic rings. The minimum Gasteiger partial charge on any atom is -0.484 e. The van der Waals surface area contributed by atoms with Crippen molar-refractivity contribution in [2.75, 3.05) is 37.7 Å². The van der Waals surface area contributed by atoms with Crippen LogP contribution >= 0.6 is 0 Å². The molecular formula is C20H19FN4O3. The van der Waals surface area contributed by atoms with Gasteiger partial charge in [0.05, 0.1) is 0 Å². The normalized spacial score (nSPS) is 14.2. The molecule has 1 amide bonds. The summed E-state index contributed by atoms with van der Waals surface area (Å²) in [5.41, 5.74) is 0.869. The van der Waals surface area contributed by atoms with E-state index < -0.39 is 0 Å². The number of carbonyl (C=O) groups is 1. The van der Waals surface area contributed by atoms with E-state index in [1.165, 1.54) is 24.3 Å². The third-order valence-electron chi connectivity index (χ3n) is 4.53. The summed E-state index contributed by atoms with van der Waals surface area (Å²) in [5, 5.41) is 4.05. The lowest BCUT2D eigenvalue weighted by molar-refractivity contribution is -0.133. The van der Waals surface area contributed by atoms with Gasteiger partial charge in [-0.1, -0.05) is 18.2 Å². The molecule has 0 aliphatic carbocycles. The summed E-state index contributed by atoms with van der Waals surface area (Å²) < 4.78 is 23.7. The molecule has 4 rings (SSSR count). The predicted molar refractivity (Wildman–Crippen MR) is 100 cm³/mol. The molecule has 0 N–H and O–H groups in total. The van der Waals surface area contributed by atoms with Crippen LogP contribution in [0, 0.1) is 5.82 Å². The number of nitrogens with zero attached hydrogens (tertiary/aromatic N) is 4. The van der Waals surface area contributed by atoms with E-state index in [4.69, 9.17) is 9.26 Å². The highest BCUT2D eigenvalue weighted by Gasteiger charge is 2.24. The van der Waals surface area contributed by atoms with Crippen LogP contribution in [0.5, 0.6) is 5.75 Å². The Hall–Kier alpha value is -3.42. The van der Waals surface area contributed by atoms with Crippen molar-refractivity contribution in [3.63, 3.8) is 0 Å². The maximum absolute atomic E-state index is 12.9. The molecule has 7 nitrogen and oxygen atoms in total. The van der Waals surface area contributed by atoms with E-state index in [-0.39, 0.29) is 18.3 Å². The maximum Gasteiger partial charge on any atom is 0.266 e. The fourth-order valence-corrected chi connectivity index (χ4v) is 2.97. The molecule has 1 saturated heterocycles. The topological polar surface area (TPSA) is 71.7 Å². The summed E-state index contributed by atoms with van der Waals surface area (Å²) >= 11 is 0. The highest BCUT2D eigenvalue weighted by molar-refractivity contribution is 5.78. The van der Waals surface area contributed by atoms with Gasteiger partial charge >= 0.3 is 0 Å². The molecule has 2 heterocycles. The number of aromatic nitrogens is 2. The molecule has 8 heteroatoms. The van der Waals surface area contributed by atoms with Crippen molar-refractivity contribution in [3.8, 4) is 17.2 Å². The lowest BCUT2D eigenvalue weighted by Gasteiger charge is -2.33. The lowest BCUT2D eigenvalue weighted by atomic mass is 10.2. The van der Waals surface area contributed by atoms with Crippen LogP contribution in [0.1, 0.15) is 0 Å². The summed E-state index contributed by atoms with van der Waals surface area (Å²) in [4.78, 5) is 20.5. The highest BCUT2D eigenvalue weighted by Crippen LogP contribution is 2.20. The molecule has 2 aromatic carbocycles. The summed E-state index contributed by atoms with van der Waals surface area (Å²) in [7, 11) is 0. The fourth-order valence-electron chi connectivity index (χ4n) is 2.97. The van der Waals surface area contributed by atoms with Crippen LogP contribution in [0.25, 0.3) is 11.5 Å². The van der Waals surface area contributed by atoms with Crippen molar-refractivity contribution in [2.45, 2.75) is 0 Å². The van der Waals surface area contributed by atoms with E-state index in [9.17, 15) is 9.18 Å². The van der Waals surface area contributed by atoms with Gasteiger partial charge in [0.15, 0.2) is 6.61 Å². The molecule has 0 atom stereocenters. The van der Waals surface area contributed by atoms with E-state index in [0.29, 0.717) is 43.8 Å². The molecule has 0 saturated carbocycles. The van der Waals surface area contributed by atoms with Crippen molar-refractivity contribution in [2.24, 2.45) is 0 Å². The number of amides is 1. The summed E-state index contributed by atoms with van der Waals surface area (Å²) in [6, 6.07) is 15.2. The Morgan fingerprint density at radius 3 is 2.46 bits per heavy atom. The van der Waals surface area contributed by atoms with Crippen molar-refractivity contribution >= 4 is 11.9 Å². The highest BCUT2D eigenvalue weighted by atomic mass is 19.1. The zero-order chi connectivity index (χ0) is 19.3. The first-order valence-corrected chi connectivity index (χ1v) is 8.99. The molecule has 1 fully saturated rings. The molecule has 0 radical (unpaired) electrons. The third-order valence-corrected chi connectivity index (χ3v) is 4.53. The van der Waals surface area contributed by atoms with Gasteiger partial charge in [0, 0.05) is 31.7 Å². The number of hydrogen-bond donors (Lipinski definition) is 0. The molecule has 0 spiro atoms. The van der Waals surface area contributed by atoms with Gasteiger partial charge in [0.25, 0.3) is 17.7 Å². The van der Waals surface area contributed by atoms with Gasteiger partial charge < -0.3 is 19.1 Å². The second kappa shape index (κ2) is 8.08. The van der Waals surface area contributed by atoms with Gasteiger partial charge in [0.2, 0.25) is 0 Å². The van der Waals surface area contributed by atoms with Crippen LogP contribution in [-0.2, 0) is 4.79 Å². The predicted octanol–water partition coefficient (Wildman–Crippen LogP) is 2.60. The molecular weight excluding hydrogens is 363 g/mol. The Kier molecular flexibility index (Phi) is 5.18. The Balaban J connectivity index is 1.29. The molecule has 28 heavy (non-hydrogen) atoms. The van der Waals surface area contributed by atoms with Crippen LogP contribution in [0.2, 0.25) is 0 Å². The van der Waals surface area contributed by atoms with E-state index in [0.717, 1.165) is 5.56 Å². The van der Waals surface area contributed by atoms with Crippen molar-refractivity contribution in [3.05, 3.63) is 60.4 Å². The van der Waals surface area contributed by atoms with Crippen LogP contribution in [0.3, 0.4) is 0 Å². The summed E-state index contributed by atoms with van der Waals surface area (Å²) in [6.07, 6.45) is 0. The van der Waals surface area contributed by atoms with E-state index in [1.54, 1.807) is 4.90 Å². The number of rotatable bonds is 5. The SMILES string of the molecule is O=C(COc1ccc(F)cc1)N1CCN(c2noc(-c3ccccc3)n2)CC1. The minimum atomic E-state index is -0.341. The van der Waals surface area contributed by atoms with Gasteiger partial charge in [-0.2, -0.15) is 4.98 Å². The quantitative estimate of drug-likeness (QED) is 0.676. The molecule has 0 bridgehead atoms. The smallest absolute Gasteiger partial charge is 0.266 e. The van der Waals surface area contributed by atoms with Crippen molar-refractivity contribution < 1.29 is 18.4 Å². The zero-order valence-electron chi connectivity index (χ0n) is 15.1. The number of anilines is 1. The molecule has 1 aromatic heterocycles. The molecule has 0 unspecified atom stereocenters. The third kappa shape index (κ3) is 4.11. The number of ether oxygens (including phenoxy) is 1. The van der Waals surface area contributed by atoms with Crippen LogP contribution < -0.4 is 9.64 Å². The first-order valence-electron chi connectivity index (χ1n) is 8.99. The Morgan fingerprint density at radius 2 is 1.75 bits per heavy atom. The lowest BCUT2D eigenvalue weighted by Crippen LogP contribution is -2.50. The molecule has 144 valence electrons. The zero-order valence-corrected chi connectivity index (χ0v) is 15.1. The van der Waals surface area contributed by atoms with Gasteiger partial charge in [-0.3, -0.25) is 4.79 Å². The summed E-state index contributed by atoms with van der Waals surface area (Å²) in [5.74, 6) is 1.01. The standard InChI is InChI=1S/C20H19FN4O3/c21-16-6-8-17(9-7-16)27-14-18(26)24-10-12-25(13-11-24)20-22-19(28-23-20)15-4-2-1-3-5-15/h1-9H,10-14H2. The number of piperazine rings is 1. The van der Waals surface area contributed by atoms with Gasteiger partial charge in [0.1, 0.15) is 11.6 Å². The average molecular weight is 382 g/mol. The Bertz CT molecular complexity index is 922. The van der Waals surface area contributed by atoms with E-state index in [2.05, 4.69) is 10.1 Å². The fraction of sp³-hybridized carbons (Fsp3) is 0.250. The van der Waals surface area contributed by atoms with E-state index >= 15 is 0 Å². The average Bonchev–Trinajstić information content (AvgIpc) is 3.24. The second-order valence-corrected chi connectivity index (χ2v) is 6.38. The summed E-state index contributed by atoms with van der Waals surface area (Å²) in [6.45, 7) is 2.22. The first kappa shape index (κ1) is 18.0. The van der Waals surface area contributed by atoms with Crippen molar-refractivity contribution in [1.82, 2.24) is 15.0 Å². The van der Waals surface area contributed by atoms with Crippen LogP contribution in [-0.4, -0.2) is 53.7 Å². The van der Waals surface area contributed by atoms with Gasteiger partial charge in [-0.15, -0.1) is 0 Å².